The molecule has 1 aliphatic rings. The van der Waals surface area contributed by atoms with Crippen LogP contribution in [-0.2, 0) is 11.2 Å². The van der Waals surface area contributed by atoms with Crippen molar-refractivity contribution >= 4 is 5.97 Å². The van der Waals surface area contributed by atoms with E-state index in [1.165, 1.54) is 0 Å². The molecule has 4 nitrogen and oxygen atoms in total. The number of benzene rings is 2. The highest BCUT2D eigenvalue weighted by molar-refractivity contribution is 5.75. The summed E-state index contributed by atoms with van der Waals surface area (Å²) in [6.45, 7) is 0.877. The SMILES string of the molecule is CNCCC(Oc1ccc2c(c1)CCC(=O)O2)c1ccccc1. The molecule has 2 aromatic carbocycles. The van der Waals surface area contributed by atoms with Gasteiger partial charge in [-0.15, -0.1) is 0 Å². The van der Waals surface area contributed by atoms with Crippen LogP contribution in [-0.4, -0.2) is 19.6 Å². The second kappa shape index (κ2) is 7.29. The summed E-state index contributed by atoms with van der Waals surface area (Å²) in [5.41, 5.74) is 2.19. The van der Waals surface area contributed by atoms with E-state index < -0.39 is 0 Å². The van der Waals surface area contributed by atoms with Crippen molar-refractivity contribution in [2.75, 3.05) is 13.6 Å². The zero-order valence-corrected chi connectivity index (χ0v) is 13.2. The zero-order chi connectivity index (χ0) is 16.1. The third-order valence-electron chi connectivity index (χ3n) is 3.96. The predicted molar refractivity (Wildman–Crippen MR) is 88.8 cm³/mol. The molecule has 0 fully saturated rings. The van der Waals surface area contributed by atoms with Gasteiger partial charge in [0.15, 0.2) is 0 Å². The number of rotatable bonds is 6. The molecule has 0 aromatic heterocycles. The molecule has 0 bridgehead atoms. The van der Waals surface area contributed by atoms with Crippen molar-refractivity contribution in [3.63, 3.8) is 0 Å². The fourth-order valence-corrected chi connectivity index (χ4v) is 2.74. The number of esters is 1. The van der Waals surface area contributed by atoms with Gasteiger partial charge in [0.25, 0.3) is 0 Å². The molecule has 0 radical (unpaired) electrons. The van der Waals surface area contributed by atoms with Crippen LogP contribution in [0.15, 0.2) is 48.5 Å². The average Bonchev–Trinajstić information content (AvgIpc) is 2.59. The molecule has 0 saturated heterocycles. The molecule has 1 N–H and O–H groups in total. The minimum atomic E-state index is -0.164. The van der Waals surface area contributed by atoms with Crippen molar-refractivity contribution in [2.24, 2.45) is 0 Å². The molecule has 1 aliphatic heterocycles. The largest absolute Gasteiger partial charge is 0.486 e. The lowest BCUT2D eigenvalue weighted by molar-refractivity contribution is -0.135. The topological polar surface area (TPSA) is 47.6 Å². The van der Waals surface area contributed by atoms with Crippen molar-refractivity contribution in [2.45, 2.75) is 25.4 Å². The Morgan fingerprint density at radius 3 is 2.78 bits per heavy atom. The Morgan fingerprint density at radius 1 is 1.17 bits per heavy atom. The van der Waals surface area contributed by atoms with E-state index in [1.54, 1.807) is 0 Å². The number of hydrogen-bond acceptors (Lipinski definition) is 4. The average molecular weight is 311 g/mol. The Balaban J connectivity index is 1.78. The summed E-state index contributed by atoms with van der Waals surface area (Å²) in [6.07, 6.45) is 2.01. The summed E-state index contributed by atoms with van der Waals surface area (Å²) in [5.74, 6) is 1.30. The van der Waals surface area contributed by atoms with E-state index in [1.807, 2.05) is 43.4 Å². The van der Waals surface area contributed by atoms with Crippen LogP contribution in [0, 0.1) is 0 Å². The van der Waals surface area contributed by atoms with Crippen molar-refractivity contribution in [3.8, 4) is 11.5 Å². The van der Waals surface area contributed by atoms with Gasteiger partial charge in [0.05, 0.1) is 6.42 Å². The lowest BCUT2D eigenvalue weighted by atomic mass is 10.0. The van der Waals surface area contributed by atoms with Crippen LogP contribution >= 0.6 is 0 Å². The van der Waals surface area contributed by atoms with Crippen LogP contribution in [0.2, 0.25) is 0 Å². The first-order valence-corrected chi connectivity index (χ1v) is 7.96. The van der Waals surface area contributed by atoms with Crippen molar-refractivity contribution in [1.82, 2.24) is 5.32 Å². The summed E-state index contributed by atoms with van der Waals surface area (Å²) in [6, 6.07) is 15.9. The van der Waals surface area contributed by atoms with Crippen LogP contribution in [0.4, 0.5) is 0 Å². The van der Waals surface area contributed by atoms with Crippen LogP contribution < -0.4 is 14.8 Å². The standard InChI is InChI=1S/C19H21NO3/c1-20-12-11-18(14-5-3-2-4-6-14)22-16-8-9-17-15(13-16)7-10-19(21)23-17/h2-6,8-9,13,18,20H,7,10-12H2,1H3. The Bertz CT molecular complexity index is 670. The Morgan fingerprint density at radius 2 is 2.00 bits per heavy atom. The first-order valence-electron chi connectivity index (χ1n) is 7.96. The van der Waals surface area contributed by atoms with E-state index in [-0.39, 0.29) is 12.1 Å². The van der Waals surface area contributed by atoms with Gasteiger partial charge in [0.2, 0.25) is 0 Å². The highest BCUT2D eigenvalue weighted by Crippen LogP contribution is 2.32. The van der Waals surface area contributed by atoms with Crippen molar-refractivity contribution < 1.29 is 14.3 Å². The van der Waals surface area contributed by atoms with Crippen LogP contribution in [0.3, 0.4) is 0 Å². The van der Waals surface area contributed by atoms with Gasteiger partial charge in [-0.3, -0.25) is 4.79 Å². The number of ether oxygens (including phenoxy) is 2. The maximum atomic E-state index is 11.3. The molecule has 120 valence electrons. The lowest BCUT2D eigenvalue weighted by Gasteiger charge is -2.21. The van der Waals surface area contributed by atoms with Crippen molar-refractivity contribution in [1.29, 1.82) is 0 Å². The van der Waals surface area contributed by atoms with E-state index in [0.717, 1.165) is 29.8 Å². The second-order valence-electron chi connectivity index (χ2n) is 5.65. The van der Waals surface area contributed by atoms with Gasteiger partial charge in [0, 0.05) is 6.42 Å². The molecule has 1 atom stereocenters. The second-order valence-corrected chi connectivity index (χ2v) is 5.65. The maximum absolute atomic E-state index is 11.3. The van der Waals surface area contributed by atoms with Gasteiger partial charge in [-0.25, -0.2) is 0 Å². The molecule has 2 aromatic rings. The fraction of sp³-hybridized carbons (Fsp3) is 0.316. The fourth-order valence-electron chi connectivity index (χ4n) is 2.74. The maximum Gasteiger partial charge on any atom is 0.311 e. The van der Waals surface area contributed by atoms with E-state index in [9.17, 15) is 4.79 Å². The summed E-state index contributed by atoms with van der Waals surface area (Å²) in [7, 11) is 1.94. The summed E-state index contributed by atoms with van der Waals surface area (Å²) in [4.78, 5) is 11.3. The van der Waals surface area contributed by atoms with E-state index >= 15 is 0 Å². The molecule has 23 heavy (non-hydrogen) atoms. The minimum absolute atomic E-state index is 0.00663. The Hall–Kier alpha value is -2.33. The molecular weight excluding hydrogens is 290 g/mol. The Kier molecular flexibility index (Phi) is 4.93. The van der Waals surface area contributed by atoms with Crippen LogP contribution in [0.5, 0.6) is 11.5 Å². The van der Waals surface area contributed by atoms with E-state index in [4.69, 9.17) is 9.47 Å². The first-order chi connectivity index (χ1) is 11.3. The monoisotopic (exact) mass is 311 g/mol. The number of nitrogens with one attached hydrogen (secondary N) is 1. The summed E-state index contributed by atoms with van der Waals surface area (Å²) < 4.78 is 11.5. The number of fused-ring (bicyclic) bond motifs is 1. The smallest absolute Gasteiger partial charge is 0.311 e. The highest BCUT2D eigenvalue weighted by atomic mass is 16.5. The van der Waals surface area contributed by atoms with Crippen LogP contribution in [0.25, 0.3) is 0 Å². The van der Waals surface area contributed by atoms with Crippen molar-refractivity contribution in [3.05, 3.63) is 59.7 Å². The third-order valence-corrected chi connectivity index (χ3v) is 3.96. The number of carbonyl (C=O) groups is 1. The lowest BCUT2D eigenvalue weighted by Crippen LogP contribution is -2.17. The molecule has 0 aliphatic carbocycles. The van der Waals surface area contributed by atoms with Gasteiger partial charge in [-0.1, -0.05) is 30.3 Å². The quantitative estimate of drug-likeness (QED) is 0.657. The summed E-state index contributed by atoms with van der Waals surface area (Å²) in [5, 5.41) is 3.17. The Labute approximate surface area is 136 Å². The molecule has 4 heteroatoms. The molecule has 3 rings (SSSR count). The van der Waals surface area contributed by atoms with Gasteiger partial charge >= 0.3 is 5.97 Å². The van der Waals surface area contributed by atoms with Gasteiger partial charge in [-0.05, 0) is 49.3 Å². The zero-order valence-electron chi connectivity index (χ0n) is 13.2. The van der Waals surface area contributed by atoms with E-state index in [2.05, 4.69) is 17.4 Å². The molecular formula is C19H21NO3. The van der Waals surface area contributed by atoms with Gasteiger partial charge in [0.1, 0.15) is 17.6 Å². The molecule has 1 heterocycles. The number of aryl methyl sites for hydroxylation is 1. The number of hydrogen-bond donors (Lipinski definition) is 1. The number of carbonyl (C=O) groups excluding carboxylic acids is 1. The minimum Gasteiger partial charge on any atom is -0.486 e. The molecule has 0 amide bonds. The molecule has 1 unspecified atom stereocenters. The molecule has 0 spiro atoms. The first kappa shape index (κ1) is 15.6. The van der Waals surface area contributed by atoms with Gasteiger partial charge < -0.3 is 14.8 Å². The predicted octanol–water partition coefficient (Wildman–Crippen LogP) is 3.27. The normalized spacial score (nSPS) is 14.7. The van der Waals surface area contributed by atoms with Crippen LogP contribution in [0.1, 0.15) is 30.1 Å². The third kappa shape index (κ3) is 3.90. The highest BCUT2D eigenvalue weighted by Gasteiger charge is 2.19. The van der Waals surface area contributed by atoms with E-state index in [0.29, 0.717) is 18.6 Å². The summed E-state index contributed by atoms with van der Waals surface area (Å²) >= 11 is 0. The van der Waals surface area contributed by atoms with Gasteiger partial charge in [-0.2, -0.15) is 0 Å². The molecule has 0 saturated carbocycles.